The van der Waals surface area contributed by atoms with Crippen molar-refractivity contribution in [1.29, 1.82) is 0 Å². The molecule has 10 heteroatoms. The SMILES string of the molecule is CCOC(=O)c1cc2c(Nc3cc(OC)c(OC)c(OC)c3)ccc([N+](=O)[O-])c2[nH]1. The molecule has 0 saturated carbocycles. The number of rotatable bonds is 8. The molecule has 0 aliphatic rings. The molecule has 0 atom stereocenters. The summed E-state index contributed by atoms with van der Waals surface area (Å²) >= 11 is 0. The van der Waals surface area contributed by atoms with Gasteiger partial charge in [0, 0.05) is 35.0 Å². The number of non-ortho nitro benzene ring substituents is 1. The summed E-state index contributed by atoms with van der Waals surface area (Å²) in [7, 11) is 4.51. The molecule has 158 valence electrons. The number of nitro groups is 1. The second-order valence-corrected chi connectivity index (χ2v) is 6.12. The lowest BCUT2D eigenvalue weighted by atomic mass is 10.1. The summed E-state index contributed by atoms with van der Waals surface area (Å²) in [5, 5.41) is 15.1. The summed E-state index contributed by atoms with van der Waals surface area (Å²) in [6.07, 6.45) is 0. The lowest BCUT2D eigenvalue weighted by Crippen LogP contribution is -2.04. The van der Waals surface area contributed by atoms with E-state index in [0.29, 0.717) is 34.0 Å². The van der Waals surface area contributed by atoms with Crippen molar-refractivity contribution >= 4 is 33.9 Å². The van der Waals surface area contributed by atoms with Crippen LogP contribution < -0.4 is 19.5 Å². The van der Waals surface area contributed by atoms with Crippen LogP contribution >= 0.6 is 0 Å². The predicted molar refractivity (Wildman–Crippen MR) is 110 cm³/mol. The standard InChI is InChI=1S/C20H21N3O7/c1-5-30-20(24)14-10-12-13(6-7-15(23(25)26)18(12)22-14)21-11-8-16(27-2)19(29-4)17(9-11)28-3/h6-10,21-22H,5H2,1-4H3. The lowest BCUT2D eigenvalue weighted by molar-refractivity contribution is -0.383. The van der Waals surface area contributed by atoms with E-state index >= 15 is 0 Å². The van der Waals surface area contributed by atoms with Gasteiger partial charge in [-0.3, -0.25) is 10.1 Å². The first-order chi connectivity index (χ1) is 14.4. The molecule has 0 spiro atoms. The van der Waals surface area contributed by atoms with Crippen molar-refractivity contribution < 1.29 is 28.7 Å². The molecule has 3 rings (SSSR count). The third kappa shape index (κ3) is 3.79. The van der Waals surface area contributed by atoms with Crippen molar-refractivity contribution in [2.45, 2.75) is 6.92 Å². The van der Waals surface area contributed by atoms with E-state index < -0.39 is 10.9 Å². The molecule has 0 aliphatic heterocycles. The predicted octanol–water partition coefficient (Wildman–Crippen LogP) is 4.02. The number of hydrogen-bond acceptors (Lipinski definition) is 8. The first-order valence-corrected chi connectivity index (χ1v) is 8.97. The number of anilines is 2. The number of H-pyrrole nitrogens is 1. The van der Waals surface area contributed by atoms with Crippen LogP contribution in [-0.2, 0) is 4.74 Å². The molecule has 1 heterocycles. The number of carbonyl (C=O) groups excluding carboxylic acids is 1. The van der Waals surface area contributed by atoms with E-state index in [1.807, 2.05) is 0 Å². The van der Waals surface area contributed by atoms with Crippen molar-refractivity contribution in [2.24, 2.45) is 0 Å². The Labute approximate surface area is 171 Å². The van der Waals surface area contributed by atoms with Crippen LogP contribution in [0.4, 0.5) is 17.1 Å². The minimum atomic E-state index is -0.596. The highest BCUT2D eigenvalue weighted by Crippen LogP contribution is 2.41. The molecule has 0 aliphatic carbocycles. The average Bonchev–Trinajstić information content (AvgIpc) is 3.19. The number of nitrogens with zero attached hydrogens (tertiary/aromatic N) is 1. The van der Waals surface area contributed by atoms with Crippen LogP contribution in [0.15, 0.2) is 30.3 Å². The number of aromatic amines is 1. The van der Waals surface area contributed by atoms with Gasteiger partial charge in [0.05, 0.1) is 32.9 Å². The Morgan fingerprint density at radius 3 is 2.30 bits per heavy atom. The van der Waals surface area contributed by atoms with Gasteiger partial charge in [-0.05, 0) is 19.1 Å². The first-order valence-electron chi connectivity index (χ1n) is 8.97. The number of carbonyl (C=O) groups is 1. The van der Waals surface area contributed by atoms with E-state index in [1.54, 1.807) is 25.1 Å². The third-order valence-corrected chi connectivity index (χ3v) is 4.41. The number of benzene rings is 2. The van der Waals surface area contributed by atoms with Gasteiger partial charge in [-0.15, -0.1) is 0 Å². The molecular formula is C20H21N3O7. The molecule has 2 aromatic carbocycles. The molecule has 1 aromatic heterocycles. The summed E-state index contributed by atoms with van der Waals surface area (Å²) in [4.78, 5) is 25.8. The molecule has 2 N–H and O–H groups in total. The van der Waals surface area contributed by atoms with Crippen LogP contribution in [0.2, 0.25) is 0 Å². The molecule has 3 aromatic rings. The maximum absolute atomic E-state index is 12.1. The Morgan fingerprint density at radius 2 is 1.77 bits per heavy atom. The molecule has 30 heavy (non-hydrogen) atoms. The Balaban J connectivity index is 2.11. The quantitative estimate of drug-likeness (QED) is 0.321. The van der Waals surface area contributed by atoms with Crippen molar-refractivity contribution in [1.82, 2.24) is 4.98 Å². The minimum absolute atomic E-state index is 0.120. The summed E-state index contributed by atoms with van der Waals surface area (Å²) in [6.45, 7) is 1.87. The van der Waals surface area contributed by atoms with Gasteiger partial charge >= 0.3 is 5.97 Å². The Bertz CT molecular complexity index is 1080. The van der Waals surface area contributed by atoms with Gasteiger partial charge in [-0.2, -0.15) is 0 Å². The Hall–Kier alpha value is -3.95. The van der Waals surface area contributed by atoms with Gasteiger partial charge in [0.1, 0.15) is 11.2 Å². The topological polar surface area (TPSA) is 125 Å². The molecule has 0 fully saturated rings. The highest BCUT2D eigenvalue weighted by atomic mass is 16.6. The van der Waals surface area contributed by atoms with Gasteiger partial charge in [-0.25, -0.2) is 4.79 Å². The summed E-state index contributed by atoms with van der Waals surface area (Å²) in [5.74, 6) is 0.727. The number of aromatic nitrogens is 1. The monoisotopic (exact) mass is 415 g/mol. The zero-order valence-electron chi connectivity index (χ0n) is 16.9. The summed E-state index contributed by atoms with van der Waals surface area (Å²) in [6, 6.07) is 7.84. The number of nitrogens with one attached hydrogen (secondary N) is 2. The van der Waals surface area contributed by atoms with Crippen LogP contribution in [0.25, 0.3) is 10.9 Å². The second-order valence-electron chi connectivity index (χ2n) is 6.12. The second kappa shape index (κ2) is 8.60. The molecule has 10 nitrogen and oxygen atoms in total. The van der Waals surface area contributed by atoms with Gasteiger partial charge in [0.25, 0.3) is 5.69 Å². The van der Waals surface area contributed by atoms with Crippen LogP contribution in [0, 0.1) is 10.1 Å². The zero-order valence-corrected chi connectivity index (χ0v) is 16.9. The van der Waals surface area contributed by atoms with Crippen LogP contribution in [0.5, 0.6) is 17.2 Å². The van der Waals surface area contributed by atoms with Crippen LogP contribution in [0.1, 0.15) is 17.4 Å². The van der Waals surface area contributed by atoms with Crippen molar-refractivity contribution in [3.05, 3.63) is 46.1 Å². The smallest absolute Gasteiger partial charge is 0.354 e. The largest absolute Gasteiger partial charge is 0.493 e. The molecule has 0 amide bonds. The number of esters is 1. The van der Waals surface area contributed by atoms with E-state index in [-0.39, 0.29) is 23.5 Å². The van der Waals surface area contributed by atoms with Gasteiger partial charge in [0.2, 0.25) is 5.75 Å². The number of nitro benzene ring substituents is 1. The van der Waals surface area contributed by atoms with E-state index in [4.69, 9.17) is 18.9 Å². The van der Waals surface area contributed by atoms with Gasteiger partial charge in [-0.1, -0.05) is 0 Å². The maximum atomic E-state index is 12.1. The first kappa shape index (κ1) is 20.8. The minimum Gasteiger partial charge on any atom is -0.493 e. The Kier molecular flexibility index (Phi) is 5.95. The third-order valence-electron chi connectivity index (χ3n) is 4.41. The van der Waals surface area contributed by atoms with E-state index in [9.17, 15) is 14.9 Å². The van der Waals surface area contributed by atoms with E-state index in [0.717, 1.165) is 0 Å². The summed E-state index contributed by atoms with van der Waals surface area (Å²) < 4.78 is 21.0. The van der Waals surface area contributed by atoms with E-state index in [2.05, 4.69) is 10.3 Å². The lowest BCUT2D eigenvalue weighted by Gasteiger charge is -2.15. The highest BCUT2D eigenvalue weighted by molar-refractivity contribution is 6.04. The maximum Gasteiger partial charge on any atom is 0.354 e. The number of methoxy groups -OCH3 is 3. The average molecular weight is 415 g/mol. The molecule has 0 bridgehead atoms. The van der Waals surface area contributed by atoms with Crippen molar-refractivity contribution in [3.8, 4) is 17.2 Å². The fourth-order valence-corrected chi connectivity index (χ4v) is 3.09. The van der Waals surface area contributed by atoms with Crippen LogP contribution in [0.3, 0.4) is 0 Å². The number of hydrogen-bond donors (Lipinski definition) is 2. The number of ether oxygens (including phenoxy) is 4. The Morgan fingerprint density at radius 1 is 1.10 bits per heavy atom. The molecule has 0 radical (unpaired) electrons. The van der Waals surface area contributed by atoms with Crippen molar-refractivity contribution in [3.63, 3.8) is 0 Å². The van der Waals surface area contributed by atoms with Gasteiger partial charge in [0.15, 0.2) is 11.5 Å². The summed E-state index contributed by atoms with van der Waals surface area (Å²) in [5.41, 5.74) is 1.31. The van der Waals surface area contributed by atoms with E-state index in [1.165, 1.54) is 33.5 Å². The van der Waals surface area contributed by atoms with Crippen LogP contribution in [-0.4, -0.2) is 43.8 Å². The van der Waals surface area contributed by atoms with Crippen molar-refractivity contribution in [2.75, 3.05) is 33.3 Å². The zero-order chi connectivity index (χ0) is 21.8. The number of fused-ring (bicyclic) bond motifs is 1. The highest BCUT2D eigenvalue weighted by Gasteiger charge is 2.21. The molecule has 0 saturated heterocycles. The molecule has 0 unspecified atom stereocenters. The fraction of sp³-hybridized carbons (Fsp3) is 0.250. The fourth-order valence-electron chi connectivity index (χ4n) is 3.09. The normalized spacial score (nSPS) is 10.5. The molecular weight excluding hydrogens is 394 g/mol. The van der Waals surface area contributed by atoms with Gasteiger partial charge < -0.3 is 29.2 Å².